The van der Waals surface area contributed by atoms with Crippen LogP contribution in [0.2, 0.25) is 5.02 Å². The summed E-state index contributed by atoms with van der Waals surface area (Å²) in [4.78, 5) is 10.5. The Labute approximate surface area is 78.0 Å². The fourth-order valence-corrected chi connectivity index (χ4v) is 1.32. The fourth-order valence-electron chi connectivity index (χ4n) is 1.12. The lowest BCUT2D eigenvalue weighted by Crippen LogP contribution is -1.95. The summed E-state index contributed by atoms with van der Waals surface area (Å²) in [6.07, 6.45) is 0.356. The largest absolute Gasteiger partial charge is 0.454 e. The minimum absolute atomic E-state index is 0.0179. The number of hydrogen-bond donors (Lipinski definition) is 0. The van der Waals surface area contributed by atoms with Crippen LogP contribution in [0.3, 0.4) is 0 Å². The Morgan fingerprint density at radius 3 is 3.00 bits per heavy atom. The van der Waals surface area contributed by atoms with Gasteiger partial charge in [-0.3, -0.25) is 4.79 Å². The zero-order valence-electron chi connectivity index (χ0n) is 6.34. The molecule has 1 aromatic rings. The van der Waals surface area contributed by atoms with Crippen LogP contribution in [0.5, 0.6) is 11.5 Å². The zero-order chi connectivity index (χ0) is 9.42. The first-order valence-electron chi connectivity index (χ1n) is 3.47. The summed E-state index contributed by atoms with van der Waals surface area (Å²) in [5.41, 5.74) is -0.194. The molecule has 0 aliphatic carbocycles. The van der Waals surface area contributed by atoms with Crippen LogP contribution >= 0.6 is 11.6 Å². The Balaban J connectivity index is 2.71. The Kier molecular flexibility index (Phi) is 1.84. The van der Waals surface area contributed by atoms with Gasteiger partial charge in [-0.2, -0.15) is 0 Å². The summed E-state index contributed by atoms with van der Waals surface area (Å²) in [5.74, 6) is -0.355. The second kappa shape index (κ2) is 2.88. The smallest absolute Gasteiger partial charge is 0.231 e. The molecular weight excluding hydrogens is 199 g/mol. The molecule has 0 spiro atoms. The van der Waals surface area contributed by atoms with Gasteiger partial charge in [0.15, 0.2) is 23.6 Å². The monoisotopic (exact) mass is 202 g/mol. The van der Waals surface area contributed by atoms with Crippen molar-refractivity contribution in [2.24, 2.45) is 0 Å². The molecule has 0 amide bonds. The molecule has 3 nitrogen and oxygen atoms in total. The number of hydrogen-bond acceptors (Lipinski definition) is 3. The number of aldehydes is 1. The molecule has 0 atom stereocenters. The normalized spacial score (nSPS) is 13.1. The Morgan fingerprint density at radius 2 is 2.31 bits per heavy atom. The van der Waals surface area contributed by atoms with Crippen molar-refractivity contribution in [2.45, 2.75) is 0 Å². The van der Waals surface area contributed by atoms with Crippen LogP contribution in [0, 0.1) is 5.82 Å². The Morgan fingerprint density at radius 1 is 1.54 bits per heavy atom. The van der Waals surface area contributed by atoms with E-state index in [4.69, 9.17) is 21.1 Å². The summed E-state index contributed by atoms with van der Waals surface area (Å²) in [7, 11) is 0. The van der Waals surface area contributed by atoms with E-state index in [1.807, 2.05) is 0 Å². The molecule has 5 heteroatoms. The minimum Gasteiger partial charge on any atom is -0.454 e. The lowest BCUT2D eigenvalue weighted by atomic mass is 10.2. The van der Waals surface area contributed by atoms with Gasteiger partial charge in [0, 0.05) is 6.07 Å². The van der Waals surface area contributed by atoms with Gasteiger partial charge in [0.25, 0.3) is 0 Å². The third-order valence-corrected chi connectivity index (χ3v) is 1.98. The minimum atomic E-state index is -0.777. The van der Waals surface area contributed by atoms with Crippen LogP contribution in [-0.2, 0) is 0 Å². The first-order valence-corrected chi connectivity index (χ1v) is 3.84. The van der Waals surface area contributed by atoms with E-state index in [9.17, 15) is 9.18 Å². The molecule has 0 unspecified atom stereocenters. The van der Waals surface area contributed by atoms with Crippen LogP contribution in [0.25, 0.3) is 0 Å². The average molecular weight is 203 g/mol. The van der Waals surface area contributed by atoms with E-state index in [0.717, 1.165) is 0 Å². The first kappa shape index (κ1) is 8.31. The highest BCUT2D eigenvalue weighted by molar-refractivity contribution is 6.31. The SMILES string of the molecule is O=Cc1c(F)c(Cl)cc2c1OCO2. The molecule has 0 aromatic heterocycles. The quantitative estimate of drug-likeness (QED) is 0.654. The highest BCUT2D eigenvalue weighted by Gasteiger charge is 2.23. The van der Waals surface area contributed by atoms with Crippen molar-refractivity contribution in [3.8, 4) is 11.5 Å². The molecule has 2 rings (SSSR count). The van der Waals surface area contributed by atoms with Gasteiger partial charge in [0.05, 0.1) is 10.6 Å². The van der Waals surface area contributed by atoms with Crippen molar-refractivity contribution in [1.82, 2.24) is 0 Å². The second-order valence-corrected chi connectivity index (χ2v) is 2.84. The maximum absolute atomic E-state index is 13.2. The molecule has 0 bridgehead atoms. The predicted octanol–water partition coefficient (Wildman–Crippen LogP) is 2.02. The van der Waals surface area contributed by atoms with Gasteiger partial charge in [-0.1, -0.05) is 11.6 Å². The van der Waals surface area contributed by atoms with Crippen molar-refractivity contribution in [1.29, 1.82) is 0 Å². The van der Waals surface area contributed by atoms with Crippen LogP contribution < -0.4 is 9.47 Å². The molecule has 68 valence electrons. The van der Waals surface area contributed by atoms with Gasteiger partial charge < -0.3 is 9.47 Å². The molecule has 1 heterocycles. The average Bonchev–Trinajstić information content (AvgIpc) is 2.54. The lowest BCUT2D eigenvalue weighted by molar-refractivity contribution is 0.111. The highest BCUT2D eigenvalue weighted by atomic mass is 35.5. The van der Waals surface area contributed by atoms with Crippen LogP contribution in [0.1, 0.15) is 10.4 Å². The number of benzene rings is 1. The Bertz CT molecular complexity index is 378. The molecule has 1 aliphatic rings. The molecule has 1 aliphatic heterocycles. The van der Waals surface area contributed by atoms with E-state index < -0.39 is 5.82 Å². The molecule has 1 aromatic carbocycles. The van der Waals surface area contributed by atoms with Gasteiger partial charge >= 0.3 is 0 Å². The van der Waals surface area contributed by atoms with Crippen molar-refractivity contribution in [3.05, 3.63) is 22.5 Å². The number of ether oxygens (including phenoxy) is 2. The van der Waals surface area contributed by atoms with E-state index in [1.54, 1.807) is 0 Å². The molecule has 0 saturated heterocycles. The molecular formula is C8H4ClFO3. The zero-order valence-corrected chi connectivity index (χ0v) is 7.10. The number of halogens is 2. The van der Waals surface area contributed by atoms with Crippen molar-refractivity contribution < 1.29 is 18.7 Å². The van der Waals surface area contributed by atoms with E-state index in [2.05, 4.69) is 0 Å². The fraction of sp³-hybridized carbons (Fsp3) is 0.125. The molecule has 13 heavy (non-hydrogen) atoms. The van der Waals surface area contributed by atoms with Crippen LogP contribution in [-0.4, -0.2) is 13.1 Å². The van der Waals surface area contributed by atoms with E-state index >= 15 is 0 Å². The van der Waals surface area contributed by atoms with Gasteiger partial charge in [-0.15, -0.1) is 0 Å². The van der Waals surface area contributed by atoms with Crippen molar-refractivity contribution in [2.75, 3.05) is 6.79 Å². The van der Waals surface area contributed by atoms with Gasteiger partial charge in [0.1, 0.15) is 0 Å². The third-order valence-electron chi connectivity index (χ3n) is 1.71. The number of fused-ring (bicyclic) bond motifs is 1. The number of carbonyl (C=O) groups is 1. The third kappa shape index (κ3) is 1.14. The van der Waals surface area contributed by atoms with Crippen molar-refractivity contribution in [3.63, 3.8) is 0 Å². The molecule has 0 saturated carbocycles. The van der Waals surface area contributed by atoms with Gasteiger partial charge in [0.2, 0.25) is 6.79 Å². The number of carbonyl (C=O) groups excluding carboxylic acids is 1. The van der Waals surface area contributed by atoms with Crippen LogP contribution in [0.15, 0.2) is 6.07 Å². The number of rotatable bonds is 1. The summed E-state index contributed by atoms with van der Waals surface area (Å²) >= 11 is 5.51. The van der Waals surface area contributed by atoms with Gasteiger partial charge in [-0.25, -0.2) is 4.39 Å². The van der Waals surface area contributed by atoms with E-state index in [0.29, 0.717) is 12.0 Å². The standard InChI is InChI=1S/C8H4ClFO3/c9-5-1-6-8(13-3-12-6)4(2-11)7(5)10/h1-2H,3H2. The predicted molar refractivity (Wildman–Crippen MR) is 42.9 cm³/mol. The molecule has 0 N–H and O–H groups in total. The topological polar surface area (TPSA) is 35.5 Å². The summed E-state index contributed by atoms with van der Waals surface area (Å²) in [6, 6.07) is 1.28. The second-order valence-electron chi connectivity index (χ2n) is 2.44. The summed E-state index contributed by atoms with van der Waals surface area (Å²) < 4.78 is 23.0. The first-order chi connectivity index (χ1) is 6.24. The molecule has 0 fully saturated rings. The Hall–Kier alpha value is -1.29. The van der Waals surface area contributed by atoms with E-state index in [1.165, 1.54) is 6.07 Å². The van der Waals surface area contributed by atoms with E-state index in [-0.39, 0.29) is 23.1 Å². The molecule has 0 radical (unpaired) electrons. The lowest BCUT2D eigenvalue weighted by Gasteiger charge is -2.01. The summed E-state index contributed by atoms with van der Waals surface area (Å²) in [6.45, 7) is -0.0179. The van der Waals surface area contributed by atoms with Crippen molar-refractivity contribution >= 4 is 17.9 Å². The van der Waals surface area contributed by atoms with Crippen LogP contribution in [0.4, 0.5) is 4.39 Å². The van der Waals surface area contributed by atoms with Gasteiger partial charge in [-0.05, 0) is 0 Å². The maximum atomic E-state index is 13.2. The highest BCUT2D eigenvalue weighted by Crippen LogP contribution is 2.39. The summed E-state index contributed by atoms with van der Waals surface area (Å²) in [5, 5.41) is -0.147. The maximum Gasteiger partial charge on any atom is 0.231 e.